The van der Waals surface area contributed by atoms with Gasteiger partial charge in [-0.05, 0) is 79.4 Å². The van der Waals surface area contributed by atoms with E-state index < -0.39 is 5.91 Å². The average molecular weight is 710 g/mol. The van der Waals surface area contributed by atoms with Crippen LogP contribution in [0.5, 0.6) is 5.75 Å². The Hall–Kier alpha value is -5.03. The molecule has 2 aromatic heterocycles. The molecule has 2 amide bonds. The highest BCUT2D eigenvalue weighted by Gasteiger charge is 2.35. The van der Waals surface area contributed by atoms with Crippen LogP contribution in [0.15, 0.2) is 94.6 Å². The van der Waals surface area contributed by atoms with E-state index in [0.717, 1.165) is 26.9 Å². The molecule has 0 aliphatic carbocycles. The van der Waals surface area contributed by atoms with Crippen LogP contribution in [0.2, 0.25) is 0 Å². The van der Waals surface area contributed by atoms with Gasteiger partial charge in [-0.25, -0.2) is 14.8 Å². The van der Waals surface area contributed by atoms with Crippen LogP contribution in [0.3, 0.4) is 0 Å². The van der Waals surface area contributed by atoms with Gasteiger partial charge in [-0.3, -0.25) is 18.7 Å². The Balaban J connectivity index is 1.38. The van der Waals surface area contributed by atoms with Gasteiger partial charge in [-0.2, -0.15) is 0 Å². The van der Waals surface area contributed by atoms with Crippen LogP contribution >= 0.6 is 15.9 Å². The maximum Gasteiger partial charge on any atom is 0.333 e. The molecule has 6 rings (SSSR count). The molecule has 11 heteroatoms. The minimum atomic E-state index is -0.431. The molecule has 1 atom stereocenters. The molecule has 246 valence electrons. The summed E-state index contributed by atoms with van der Waals surface area (Å²) in [4.78, 5) is 52.4. The number of halogens is 1. The summed E-state index contributed by atoms with van der Waals surface area (Å²) in [5.74, 6) is 0.433. The first-order chi connectivity index (χ1) is 23.1. The Kier molecular flexibility index (Phi) is 9.58. The van der Waals surface area contributed by atoms with Crippen molar-refractivity contribution in [2.45, 2.75) is 53.4 Å². The largest absolute Gasteiger partial charge is 0.493 e. The SMILES string of the molecule is Cc1cc(C(=O)N2Cc3c(C(=O)NCc4ccccc4-c4ccncn4)n(-c4ccc(OCC(C)C)cc4)c(=O)n3C[C@H]2C)ccc1Br. The van der Waals surface area contributed by atoms with Crippen molar-refractivity contribution in [2.75, 3.05) is 6.61 Å². The van der Waals surface area contributed by atoms with Gasteiger partial charge < -0.3 is 15.0 Å². The highest BCUT2D eigenvalue weighted by Crippen LogP contribution is 2.27. The van der Waals surface area contributed by atoms with Crippen molar-refractivity contribution in [1.82, 2.24) is 29.3 Å². The molecule has 0 saturated heterocycles. The van der Waals surface area contributed by atoms with E-state index in [1.807, 2.05) is 56.3 Å². The van der Waals surface area contributed by atoms with Gasteiger partial charge in [0.15, 0.2) is 0 Å². The molecule has 1 aliphatic rings. The molecule has 0 unspecified atom stereocenters. The summed E-state index contributed by atoms with van der Waals surface area (Å²) in [6, 6.07) is 21.9. The van der Waals surface area contributed by atoms with Crippen LogP contribution in [-0.2, 0) is 19.6 Å². The van der Waals surface area contributed by atoms with Crippen molar-refractivity contribution in [3.63, 3.8) is 0 Å². The molecule has 3 heterocycles. The van der Waals surface area contributed by atoms with Gasteiger partial charge in [0.2, 0.25) is 0 Å². The molecular formula is C37H37BrN6O4. The maximum absolute atomic E-state index is 14.3. The third-order valence-corrected chi connectivity index (χ3v) is 9.31. The fourth-order valence-corrected chi connectivity index (χ4v) is 6.14. The van der Waals surface area contributed by atoms with Gasteiger partial charge >= 0.3 is 5.69 Å². The minimum absolute atomic E-state index is 0.0905. The normalized spacial score (nSPS) is 14.1. The number of carbonyl (C=O) groups is 2. The summed E-state index contributed by atoms with van der Waals surface area (Å²) in [5, 5.41) is 3.06. The summed E-state index contributed by atoms with van der Waals surface area (Å²) >= 11 is 3.51. The van der Waals surface area contributed by atoms with Crippen LogP contribution in [0.25, 0.3) is 16.9 Å². The number of amides is 2. The van der Waals surface area contributed by atoms with E-state index in [-0.39, 0.29) is 43.0 Å². The molecule has 0 radical (unpaired) electrons. The first-order valence-corrected chi connectivity index (χ1v) is 16.7. The number of ether oxygens (including phenoxy) is 1. The molecule has 0 spiro atoms. The fourth-order valence-electron chi connectivity index (χ4n) is 5.89. The van der Waals surface area contributed by atoms with Crippen molar-refractivity contribution in [3.05, 3.63) is 128 Å². The van der Waals surface area contributed by atoms with Gasteiger partial charge in [-0.1, -0.05) is 54.0 Å². The molecule has 5 aromatic rings. The average Bonchev–Trinajstić information content (AvgIpc) is 3.38. The van der Waals surface area contributed by atoms with Crippen LogP contribution in [0, 0.1) is 12.8 Å². The number of nitrogens with one attached hydrogen (secondary N) is 1. The smallest absolute Gasteiger partial charge is 0.333 e. The molecule has 48 heavy (non-hydrogen) atoms. The molecule has 1 aliphatic heterocycles. The Morgan fingerprint density at radius 2 is 1.83 bits per heavy atom. The standard InChI is InChI=1S/C37H37BrN6O4/c1-23(2)21-48-29-12-10-28(11-13-29)44-34(35(45)40-18-27-7-5-6-8-30(27)32-15-16-39-22-41-32)33-20-42(25(4)19-43(33)37(44)47)36(46)26-9-14-31(38)24(3)17-26/h5-17,22-23,25H,18-21H2,1-4H3,(H,40,45)/t25-/m1/s1. The second-order valence-electron chi connectivity index (χ2n) is 12.4. The van der Waals surface area contributed by atoms with Crippen LogP contribution < -0.4 is 15.7 Å². The number of carbonyl (C=O) groups excluding carboxylic acids is 2. The highest BCUT2D eigenvalue weighted by molar-refractivity contribution is 9.10. The third kappa shape index (κ3) is 6.68. The van der Waals surface area contributed by atoms with E-state index in [0.29, 0.717) is 35.2 Å². The first-order valence-electron chi connectivity index (χ1n) is 15.9. The van der Waals surface area contributed by atoms with E-state index in [2.05, 4.69) is 45.1 Å². The maximum atomic E-state index is 14.3. The Labute approximate surface area is 287 Å². The Bertz CT molecular complexity index is 2020. The topological polar surface area (TPSA) is 111 Å². The quantitative estimate of drug-likeness (QED) is 0.196. The number of nitrogens with zero attached hydrogens (tertiary/aromatic N) is 5. The lowest BCUT2D eigenvalue weighted by molar-refractivity contribution is 0.0610. The van der Waals surface area contributed by atoms with Crippen LogP contribution in [-0.4, -0.2) is 48.5 Å². The summed E-state index contributed by atoms with van der Waals surface area (Å²) in [7, 11) is 0. The van der Waals surface area contributed by atoms with E-state index in [1.165, 1.54) is 10.9 Å². The monoisotopic (exact) mass is 708 g/mol. The molecule has 10 nitrogen and oxygen atoms in total. The molecular weight excluding hydrogens is 672 g/mol. The fraction of sp³-hybridized carbons (Fsp3) is 0.270. The number of aromatic nitrogens is 4. The lowest BCUT2D eigenvalue weighted by atomic mass is 10.0. The third-order valence-electron chi connectivity index (χ3n) is 8.42. The minimum Gasteiger partial charge on any atom is -0.493 e. The lowest BCUT2D eigenvalue weighted by Gasteiger charge is -2.34. The number of hydrogen-bond donors (Lipinski definition) is 1. The van der Waals surface area contributed by atoms with Crippen LogP contribution in [0.1, 0.15) is 58.4 Å². The number of fused-ring (bicyclic) bond motifs is 1. The van der Waals surface area contributed by atoms with Gasteiger partial charge in [0.1, 0.15) is 17.8 Å². The number of rotatable bonds is 9. The Morgan fingerprint density at radius 1 is 1.06 bits per heavy atom. The lowest BCUT2D eigenvalue weighted by Crippen LogP contribution is -2.47. The Morgan fingerprint density at radius 3 is 2.54 bits per heavy atom. The zero-order valence-corrected chi connectivity index (χ0v) is 28.9. The van der Waals surface area contributed by atoms with E-state index in [4.69, 9.17) is 4.74 Å². The summed E-state index contributed by atoms with van der Waals surface area (Å²) in [6.45, 7) is 9.08. The highest BCUT2D eigenvalue weighted by atomic mass is 79.9. The molecule has 0 bridgehead atoms. The molecule has 3 aromatic carbocycles. The predicted molar refractivity (Wildman–Crippen MR) is 187 cm³/mol. The van der Waals surface area contributed by atoms with Crippen molar-refractivity contribution in [3.8, 4) is 22.7 Å². The summed E-state index contributed by atoms with van der Waals surface area (Å²) in [5.41, 5.74) is 4.79. The van der Waals surface area contributed by atoms with Crippen molar-refractivity contribution >= 4 is 27.7 Å². The number of aryl methyl sites for hydroxylation is 1. The molecule has 1 N–H and O–H groups in total. The van der Waals surface area contributed by atoms with E-state index in [1.54, 1.807) is 46.0 Å². The zero-order chi connectivity index (χ0) is 33.9. The van der Waals surface area contributed by atoms with Crippen molar-refractivity contribution in [1.29, 1.82) is 0 Å². The zero-order valence-electron chi connectivity index (χ0n) is 27.3. The second kappa shape index (κ2) is 14.0. The van der Waals surface area contributed by atoms with E-state index >= 15 is 0 Å². The van der Waals surface area contributed by atoms with Gasteiger partial charge in [0.05, 0.1) is 30.2 Å². The van der Waals surface area contributed by atoms with E-state index in [9.17, 15) is 14.4 Å². The van der Waals surface area contributed by atoms with Gasteiger partial charge in [-0.15, -0.1) is 0 Å². The second-order valence-corrected chi connectivity index (χ2v) is 13.3. The molecule has 0 saturated carbocycles. The van der Waals surface area contributed by atoms with Gasteiger partial charge in [0, 0.05) is 40.9 Å². The summed E-state index contributed by atoms with van der Waals surface area (Å²) in [6.07, 6.45) is 3.16. The summed E-state index contributed by atoms with van der Waals surface area (Å²) < 4.78 is 9.84. The number of benzene rings is 3. The number of hydrogen-bond acceptors (Lipinski definition) is 6. The number of imidazole rings is 1. The predicted octanol–water partition coefficient (Wildman–Crippen LogP) is 6.18. The molecule has 0 fully saturated rings. The van der Waals surface area contributed by atoms with Crippen LogP contribution in [0.4, 0.5) is 0 Å². The van der Waals surface area contributed by atoms with Crippen molar-refractivity contribution in [2.24, 2.45) is 5.92 Å². The van der Waals surface area contributed by atoms with Gasteiger partial charge in [0.25, 0.3) is 11.8 Å². The van der Waals surface area contributed by atoms with Crippen molar-refractivity contribution < 1.29 is 14.3 Å². The first kappa shape index (κ1) is 32.9.